The monoisotopic (exact) mass is 349 g/mol. The molecular formula is C18H23NO6. The van der Waals surface area contributed by atoms with Crippen molar-refractivity contribution in [1.82, 2.24) is 4.90 Å². The molecule has 2 atom stereocenters. The van der Waals surface area contributed by atoms with E-state index in [1.165, 1.54) is 7.11 Å². The third kappa shape index (κ3) is 2.82. The van der Waals surface area contributed by atoms with E-state index in [4.69, 9.17) is 14.2 Å². The van der Waals surface area contributed by atoms with E-state index in [1.807, 2.05) is 6.92 Å². The molecule has 2 aliphatic rings. The Hall–Kier alpha value is -2.28. The maximum atomic E-state index is 13.0. The van der Waals surface area contributed by atoms with E-state index in [-0.39, 0.29) is 18.4 Å². The van der Waals surface area contributed by atoms with Crippen LogP contribution in [0, 0.1) is 18.3 Å². The summed E-state index contributed by atoms with van der Waals surface area (Å²) in [5, 5.41) is 9.74. The normalized spacial score (nSPS) is 25.4. The fourth-order valence-electron chi connectivity index (χ4n) is 3.84. The van der Waals surface area contributed by atoms with Crippen molar-refractivity contribution in [3.8, 4) is 11.5 Å². The van der Waals surface area contributed by atoms with Gasteiger partial charge in [0, 0.05) is 31.2 Å². The van der Waals surface area contributed by atoms with Gasteiger partial charge in [-0.05, 0) is 31.0 Å². The third-order valence-electron chi connectivity index (χ3n) is 5.38. The van der Waals surface area contributed by atoms with Crippen LogP contribution in [-0.2, 0) is 9.53 Å². The summed E-state index contributed by atoms with van der Waals surface area (Å²) in [7, 11) is 3.06. The number of carbonyl (C=O) groups excluding carboxylic acids is 1. The van der Waals surface area contributed by atoms with Crippen molar-refractivity contribution in [3.63, 3.8) is 0 Å². The number of rotatable bonds is 4. The Morgan fingerprint density at radius 1 is 1.28 bits per heavy atom. The number of methoxy groups -OCH3 is 2. The summed E-state index contributed by atoms with van der Waals surface area (Å²) < 4.78 is 16.0. The minimum atomic E-state index is -0.904. The van der Waals surface area contributed by atoms with Crippen LogP contribution in [0.5, 0.6) is 11.5 Å². The number of nitrogens with zero attached hydrogens (tertiary/aromatic N) is 1. The van der Waals surface area contributed by atoms with Gasteiger partial charge in [-0.25, -0.2) is 0 Å². The molecule has 0 saturated carbocycles. The first-order chi connectivity index (χ1) is 11.9. The molecule has 3 rings (SSSR count). The number of aliphatic carboxylic acids is 1. The zero-order chi connectivity index (χ0) is 18.2. The number of amides is 1. The quantitative estimate of drug-likeness (QED) is 0.888. The molecule has 1 aromatic carbocycles. The molecule has 0 radical (unpaired) electrons. The summed E-state index contributed by atoms with van der Waals surface area (Å²) in [6.45, 7) is 3.22. The lowest BCUT2D eigenvalue weighted by atomic mass is 9.74. The number of hydrogen-bond donors (Lipinski definition) is 1. The second kappa shape index (κ2) is 6.55. The molecule has 1 amide bonds. The maximum absolute atomic E-state index is 13.0. The van der Waals surface area contributed by atoms with Crippen molar-refractivity contribution in [3.05, 3.63) is 23.3 Å². The molecule has 1 aromatic rings. The Bertz CT molecular complexity index is 703. The second-order valence-corrected chi connectivity index (χ2v) is 6.69. The zero-order valence-corrected chi connectivity index (χ0v) is 14.7. The maximum Gasteiger partial charge on any atom is 0.311 e. The summed E-state index contributed by atoms with van der Waals surface area (Å²) in [4.78, 5) is 26.5. The highest BCUT2D eigenvalue weighted by Gasteiger charge is 2.55. The van der Waals surface area contributed by atoms with E-state index in [2.05, 4.69) is 0 Å². The van der Waals surface area contributed by atoms with Crippen LogP contribution in [-0.4, -0.2) is 62.4 Å². The Balaban J connectivity index is 1.91. The average molecular weight is 349 g/mol. The van der Waals surface area contributed by atoms with E-state index in [1.54, 1.807) is 24.1 Å². The van der Waals surface area contributed by atoms with E-state index in [0.29, 0.717) is 43.2 Å². The van der Waals surface area contributed by atoms with Gasteiger partial charge >= 0.3 is 5.97 Å². The van der Waals surface area contributed by atoms with Crippen LogP contribution in [0.4, 0.5) is 0 Å². The summed E-state index contributed by atoms with van der Waals surface area (Å²) in [6.07, 6.45) is 0.432. The number of fused-ring (bicyclic) bond motifs is 1. The van der Waals surface area contributed by atoms with Crippen LogP contribution < -0.4 is 9.47 Å². The Labute approximate surface area is 146 Å². The molecule has 2 saturated heterocycles. The lowest BCUT2D eigenvalue weighted by Gasteiger charge is -2.33. The number of carbonyl (C=O) groups is 2. The third-order valence-corrected chi connectivity index (χ3v) is 5.38. The van der Waals surface area contributed by atoms with Crippen LogP contribution in [0.25, 0.3) is 0 Å². The van der Waals surface area contributed by atoms with Crippen molar-refractivity contribution in [1.29, 1.82) is 0 Å². The smallest absolute Gasteiger partial charge is 0.311 e. The lowest BCUT2D eigenvalue weighted by molar-refractivity contribution is -0.157. The van der Waals surface area contributed by atoms with E-state index < -0.39 is 11.4 Å². The second-order valence-electron chi connectivity index (χ2n) is 6.69. The first kappa shape index (κ1) is 17.5. The molecule has 2 fully saturated rings. The van der Waals surface area contributed by atoms with E-state index >= 15 is 0 Å². The SMILES string of the molecule is COc1cc(C)c(C(=O)N2C[C@H]3COCC[C@@]3(C(=O)O)C2)cc1OC. The Morgan fingerprint density at radius 3 is 2.56 bits per heavy atom. The number of ether oxygens (including phenoxy) is 3. The molecule has 0 spiro atoms. The molecule has 136 valence electrons. The topological polar surface area (TPSA) is 85.3 Å². The number of likely N-dealkylation sites (tertiary alicyclic amines) is 1. The van der Waals surface area contributed by atoms with Gasteiger partial charge in [-0.3, -0.25) is 9.59 Å². The standard InChI is InChI=1S/C18H23NO6/c1-11-6-14(23-2)15(24-3)7-13(11)16(20)19-8-12-9-25-5-4-18(12,10-19)17(21)22/h6-7,12H,4-5,8-10H2,1-3H3,(H,21,22)/t12-,18+/m0/s1. The first-order valence-corrected chi connectivity index (χ1v) is 8.26. The Kier molecular flexibility index (Phi) is 4.60. The summed E-state index contributed by atoms with van der Waals surface area (Å²) >= 11 is 0. The highest BCUT2D eigenvalue weighted by atomic mass is 16.5. The number of hydrogen-bond acceptors (Lipinski definition) is 5. The van der Waals surface area contributed by atoms with E-state index in [0.717, 1.165) is 5.56 Å². The Morgan fingerprint density at radius 2 is 1.96 bits per heavy atom. The average Bonchev–Trinajstić information content (AvgIpc) is 3.02. The largest absolute Gasteiger partial charge is 0.493 e. The summed E-state index contributed by atoms with van der Waals surface area (Å²) in [6, 6.07) is 3.41. The van der Waals surface area contributed by atoms with Crippen molar-refractivity contribution < 1.29 is 28.9 Å². The molecular weight excluding hydrogens is 326 g/mol. The van der Waals surface area contributed by atoms with Gasteiger partial charge in [0.1, 0.15) is 0 Å². The van der Waals surface area contributed by atoms with Gasteiger partial charge in [-0.15, -0.1) is 0 Å². The van der Waals surface area contributed by atoms with Gasteiger partial charge in [-0.1, -0.05) is 0 Å². The van der Waals surface area contributed by atoms with Crippen LogP contribution in [0.2, 0.25) is 0 Å². The number of aryl methyl sites for hydroxylation is 1. The molecule has 2 heterocycles. The fourth-order valence-corrected chi connectivity index (χ4v) is 3.84. The predicted molar refractivity (Wildman–Crippen MR) is 89.2 cm³/mol. The molecule has 0 aromatic heterocycles. The molecule has 7 nitrogen and oxygen atoms in total. The van der Waals surface area contributed by atoms with Crippen molar-refractivity contribution >= 4 is 11.9 Å². The molecule has 0 bridgehead atoms. The van der Waals surface area contributed by atoms with Crippen LogP contribution in [0.3, 0.4) is 0 Å². The summed E-state index contributed by atoms with van der Waals surface area (Å²) in [5.74, 6) is -0.178. The minimum absolute atomic E-state index is 0.178. The molecule has 0 unspecified atom stereocenters. The molecule has 2 aliphatic heterocycles. The molecule has 7 heteroatoms. The summed E-state index contributed by atoms with van der Waals surface area (Å²) in [5.41, 5.74) is 0.356. The minimum Gasteiger partial charge on any atom is -0.493 e. The van der Waals surface area contributed by atoms with Gasteiger partial charge < -0.3 is 24.2 Å². The van der Waals surface area contributed by atoms with Crippen LogP contribution in [0.1, 0.15) is 22.3 Å². The van der Waals surface area contributed by atoms with Crippen LogP contribution in [0.15, 0.2) is 12.1 Å². The lowest BCUT2D eigenvalue weighted by Crippen LogP contribution is -2.45. The zero-order valence-electron chi connectivity index (χ0n) is 14.7. The van der Waals surface area contributed by atoms with Crippen LogP contribution >= 0.6 is 0 Å². The van der Waals surface area contributed by atoms with Crippen molar-refractivity contribution in [2.75, 3.05) is 40.5 Å². The van der Waals surface area contributed by atoms with Crippen molar-refractivity contribution in [2.45, 2.75) is 13.3 Å². The molecule has 0 aliphatic carbocycles. The number of carboxylic acid groups (broad SMARTS) is 1. The van der Waals surface area contributed by atoms with Gasteiger partial charge in [0.05, 0.1) is 26.2 Å². The highest BCUT2D eigenvalue weighted by Crippen LogP contribution is 2.43. The van der Waals surface area contributed by atoms with Gasteiger partial charge in [0.15, 0.2) is 11.5 Å². The highest BCUT2D eigenvalue weighted by molar-refractivity contribution is 5.97. The number of carboxylic acids is 1. The van der Waals surface area contributed by atoms with Gasteiger partial charge in [-0.2, -0.15) is 0 Å². The van der Waals surface area contributed by atoms with Gasteiger partial charge in [0.2, 0.25) is 0 Å². The molecule has 25 heavy (non-hydrogen) atoms. The van der Waals surface area contributed by atoms with Gasteiger partial charge in [0.25, 0.3) is 5.91 Å². The van der Waals surface area contributed by atoms with Crippen molar-refractivity contribution in [2.24, 2.45) is 11.3 Å². The fraction of sp³-hybridized carbons (Fsp3) is 0.556. The molecule has 1 N–H and O–H groups in total. The first-order valence-electron chi connectivity index (χ1n) is 8.26. The van der Waals surface area contributed by atoms with E-state index in [9.17, 15) is 14.7 Å². The predicted octanol–water partition coefficient (Wildman–Crippen LogP) is 1.58. The number of benzene rings is 1.